The number of para-hydroxylation sites is 1. The molecule has 0 aliphatic carbocycles. The lowest BCUT2D eigenvalue weighted by atomic mass is 10.0. The van der Waals surface area contributed by atoms with E-state index in [1.165, 1.54) is 0 Å². The molecule has 132 valence electrons. The van der Waals surface area contributed by atoms with Gasteiger partial charge in [0.2, 0.25) is 0 Å². The Morgan fingerprint density at radius 3 is 3.04 bits per heavy atom. The summed E-state index contributed by atoms with van der Waals surface area (Å²) >= 11 is 0. The van der Waals surface area contributed by atoms with Crippen LogP contribution < -0.4 is 14.8 Å². The monoisotopic (exact) mass is 342 g/mol. The standard InChI is InChI=1S/C19H22N2O4/c1-3-24-9-5-8-21-19(22)16(12-20)11-14-10-15-6-4-7-17(23-2)18(15)25-13-14/h4,6-7,10-11H,3,5,8-9,13H2,1-2H3,(H,21,22)/b16-11-. The molecular weight excluding hydrogens is 320 g/mol. The highest BCUT2D eigenvalue weighted by atomic mass is 16.5. The number of fused-ring (bicyclic) bond motifs is 1. The van der Waals surface area contributed by atoms with Crippen molar-refractivity contribution in [2.75, 3.05) is 33.5 Å². The van der Waals surface area contributed by atoms with Gasteiger partial charge in [0.15, 0.2) is 11.5 Å². The first-order valence-electron chi connectivity index (χ1n) is 8.17. The summed E-state index contributed by atoms with van der Waals surface area (Å²) in [5, 5.41) is 12.0. The van der Waals surface area contributed by atoms with E-state index in [4.69, 9.17) is 14.2 Å². The van der Waals surface area contributed by atoms with Crippen molar-refractivity contribution in [3.05, 3.63) is 41.0 Å². The van der Waals surface area contributed by atoms with Crippen LogP contribution in [0.2, 0.25) is 0 Å². The zero-order valence-corrected chi connectivity index (χ0v) is 14.5. The van der Waals surface area contributed by atoms with E-state index in [-0.39, 0.29) is 12.2 Å². The van der Waals surface area contributed by atoms with Crippen LogP contribution in [0.25, 0.3) is 6.08 Å². The van der Waals surface area contributed by atoms with E-state index in [1.807, 2.05) is 37.3 Å². The van der Waals surface area contributed by atoms with Gasteiger partial charge >= 0.3 is 0 Å². The maximum absolute atomic E-state index is 12.1. The van der Waals surface area contributed by atoms with E-state index in [0.717, 1.165) is 11.1 Å². The van der Waals surface area contributed by atoms with Crippen molar-refractivity contribution in [1.82, 2.24) is 5.32 Å². The number of nitrogens with one attached hydrogen (secondary N) is 1. The number of hydrogen-bond acceptors (Lipinski definition) is 5. The summed E-state index contributed by atoms with van der Waals surface area (Å²) in [6.45, 7) is 3.89. The molecule has 1 aliphatic rings. The maximum Gasteiger partial charge on any atom is 0.261 e. The number of nitrogens with zero attached hydrogens (tertiary/aromatic N) is 1. The summed E-state index contributed by atoms with van der Waals surface area (Å²) in [5.41, 5.74) is 1.66. The Morgan fingerprint density at radius 2 is 2.32 bits per heavy atom. The van der Waals surface area contributed by atoms with Crippen LogP contribution in [0.1, 0.15) is 18.9 Å². The molecule has 0 aromatic heterocycles. The Kier molecular flexibility index (Phi) is 7.05. The van der Waals surface area contributed by atoms with Crippen LogP contribution in [0.3, 0.4) is 0 Å². The average molecular weight is 342 g/mol. The van der Waals surface area contributed by atoms with Gasteiger partial charge in [-0.05, 0) is 37.1 Å². The average Bonchev–Trinajstić information content (AvgIpc) is 2.64. The number of carbonyl (C=O) groups excluding carboxylic acids is 1. The molecule has 6 nitrogen and oxygen atoms in total. The number of benzene rings is 1. The number of methoxy groups -OCH3 is 1. The molecule has 25 heavy (non-hydrogen) atoms. The van der Waals surface area contributed by atoms with Gasteiger partial charge in [0.1, 0.15) is 18.2 Å². The fraction of sp³-hybridized carbons (Fsp3) is 0.368. The third-order valence-electron chi connectivity index (χ3n) is 3.60. The second kappa shape index (κ2) is 9.50. The zero-order chi connectivity index (χ0) is 18.1. The lowest BCUT2D eigenvalue weighted by Crippen LogP contribution is -2.26. The van der Waals surface area contributed by atoms with Crippen LogP contribution in [0.15, 0.2) is 35.4 Å². The van der Waals surface area contributed by atoms with E-state index in [1.54, 1.807) is 13.2 Å². The molecule has 0 spiro atoms. The van der Waals surface area contributed by atoms with Gasteiger partial charge < -0.3 is 19.5 Å². The molecule has 6 heteroatoms. The lowest BCUT2D eigenvalue weighted by molar-refractivity contribution is -0.117. The molecule has 0 atom stereocenters. The van der Waals surface area contributed by atoms with E-state index >= 15 is 0 Å². The fourth-order valence-corrected chi connectivity index (χ4v) is 2.39. The zero-order valence-electron chi connectivity index (χ0n) is 14.5. The van der Waals surface area contributed by atoms with Crippen LogP contribution >= 0.6 is 0 Å². The summed E-state index contributed by atoms with van der Waals surface area (Å²) in [6.07, 6.45) is 4.15. The van der Waals surface area contributed by atoms with E-state index in [0.29, 0.717) is 37.7 Å². The van der Waals surface area contributed by atoms with Gasteiger partial charge in [-0.1, -0.05) is 12.1 Å². The third kappa shape index (κ3) is 5.10. The molecule has 0 saturated heterocycles. The molecule has 0 fully saturated rings. The number of carbonyl (C=O) groups is 1. The van der Waals surface area contributed by atoms with E-state index in [2.05, 4.69) is 5.32 Å². The molecule has 0 radical (unpaired) electrons. The number of amides is 1. The molecule has 0 saturated carbocycles. The van der Waals surface area contributed by atoms with Crippen LogP contribution in [-0.2, 0) is 9.53 Å². The van der Waals surface area contributed by atoms with Crippen molar-refractivity contribution in [1.29, 1.82) is 5.26 Å². The third-order valence-corrected chi connectivity index (χ3v) is 3.60. The SMILES string of the molecule is CCOCCCNC(=O)/C(C#N)=C\C1=Cc2cccc(OC)c2OC1. The van der Waals surface area contributed by atoms with E-state index < -0.39 is 5.91 Å². The highest BCUT2D eigenvalue weighted by Gasteiger charge is 2.16. The first-order chi connectivity index (χ1) is 12.2. The Bertz CT molecular complexity index is 717. The molecule has 0 bridgehead atoms. The maximum atomic E-state index is 12.1. The van der Waals surface area contributed by atoms with Gasteiger partial charge in [-0.25, -0.2) is 0 Å². The number of ether oxygens (including phenoxy) is 3. The van der Waals surface area contributed by atoms with Gasteiger partial charge in [-0.3, -0.25) is 4.79 Å². The van der Waals surface area contributed by atoms with Gasteiger partial charge in [0, 0.05) is 25.3 Å². The summed E-state index contributed by atoms with van der Waals surface area (Å²) < 4.78 is 16.2. The van der Waals surface area contributed by atoms with Crippen molar-refractivity contribution in [3.63, 3.8) is 0 Å². The summed E-state index contributed by atoms with van der Waals surface area (Å²) in [4.78, 5) is 12.1. The van der Waals surface area contributed by atoms with Crippen LogP contribution in [0, 0.1) is 11.3 Å². The van der Waals surface area contributed by atoms with Gasteiger partial charge in [-0.2, -0.15) is 5.26 Å². The Labute approximate surface area is 147 Å². The minimum atomic E-state index is -0.392. The lowest BCUT2D eigenvalue weighted by Gasteiger charge is -2.18. The molecule has 1 aliphatic heterocycles. The smallest absolute Gasteiger partial charge is 0.261 e. The fourth-order valence-electron chi connectivity index (χ4n) is 2.39. The van der Waals surface area contributed by atoms with Crippen LogP contribution in [0.4, 0.5) is 0 Å². The molecule has 1 aromatic carbocycles. The Balaban J connectivity index is 2.05. The molecule has 1 heterocycles. The van der Waals surface area contributed by atoms with Gasteiger partial charge in [0.25, 0.3) is 5.91 Å². The predicted molar refractivity (Wildman–Crippen MR) is 94.3 cm³/mol. The molecular formula is C19H22N2O4. The van der Waals surface area contributed by atoms with Crippen molar-refractivity contribution in [3.8, 4) is 17.6 Å². The topological polar surface area (TPSA) is 80.6 Å². The second-order valence-electron chi connectivity index (χ2n) is 5.36. The van der Waals surface area contributed by atoms with Crippen LogP contribution in [0.5, 0.6) is 11.5 Å². The van der Waals surface area contributed by atoms with Gasteiger partial charge in [0.05, 0.1) is 7.11 Å². The molecule has 1 N–H and O–H groups in total. The van der Waals surface area contributed by atoms with E-state index in [9.17, 15) is 10.1 Å². The van der Waals surface area contributed by atoms with Crippen molar-refractivity contribution >= 4 is 12.0 Å². The van der Waals surface area contributed by atoms with Crippen molar-refractivity contribution in [2.45, 2.75) is 13.3 Å². The molecule has 2 rings (SSSR count). The number of hydrogen-bond donors (Lipinski definition) is 1. The predicted octanol–water partition coefficient (Wildman–Crippen LogP) is 2.46. The molecule has 1 aromatic rings. The van der Waals surface area contributed by atoms with Crippen LogP contribution in [-0.4, -0.2) is 39.4 Å². The normalized spacial score (nSPS) is 13.2. The summed E-state index contributed by atoms with van der Waals surface area (Å²) in [7, 11) is 1.59. The first-order valence-corrected chi connectivity index (χ1v) is 8.17. The summed E-state index contributed by atoms with van der Waals surface area (Å²) in [6, 6.07) is 7.52. The minimum Gasteiger partial charge on any atom is -0.493 e. The minimum absolute atomic E-state index is 0.0533. The Hall–Kier alpha value is -2.78. The largest absolute Gasteiger partial charge is 0.493 e. The van der Waals surface area contributed by atoms with Crippen molar-refractivity contribution < 1.29 is 19.0 Å². The van der Waals surface area contributed by atoms with Gasteiger partial charge in [-0.15, -0.1) is 0 Å². The summed E-state index contributed by atoms with van der Waals surface area (Å²) in [5.74, 6) is 0.932. The second-order valence-corrected chi connectivity index (χ2v) is 5.36. The highest BCUT2D eigenvalue weighted by molar-refractivity contribution is 5.98. The molecule has 0 unspecified atom stereocenters. The highest BCUT2D eigenvalue weighted by Crippen LogP contribution is 2.35. The van der Waals surface area contributed by atoms with Crippen molar-refractivity contribution in [2.24, 2.45) is 0 Å². The first kappa shape index (κ1) is 18.6. The number of nitriles is 1. The molecule has 1 amide bonds. The Morgan fingerprint density at radius 1 is 1.48 bits per heavy atom. The number of rotatable bonds is 8. The quantitative estimate of drug-likeness (QED) is 0.446.